The normalized spacial score (nSPS) is 22.0. The van der Waals surface area contributed by atoms with Gasteiger partial charge < -0.3 is 20.5 Å². The number of hydrogen-bond donors (Lipinski definition) is 3. The standard InChI is InChI=1S/C17H26FN3O2/c1-12-5-3-4-6-14(12)20-17(19-9-10-23-2)21-15-11-13(18)7-8-16(15)22/h7-8,11-12,14,22H,3-6,9-10H2,1-2H3,(H2,19,20,21). The molecule has 1 aromatic carbocycles. The average Bonchev–Trinajstić information content (AvgIpc) is 2.53. The summed E-state index contributed by atoms with van der Waals surface area (Å²) in [5, 5.41) is 16.3. The third-order valence-corrected chi connectivity index (χ3v) is 4.21. The van der Waals surface area contributed by atoms with Crippen molar-refractivity contribution in [1.29, 1.82) is 0 Å². The van der Waals surface area contributed by atoms with E-state index in [0.29, 0.717) is 36.8 Å². The highest BCUT2D eigenvalue weighted by molar-refractivity contribution is 5.95. The second-order valence-electron chi connectivity index (χ2n) is 6.02. The van der Waals surface area contributed by atoms with Crippen LogP contribution < -0.4 is 10.6 Å². The van der Waals surface area contributed by atoms with Crippen LogP contribution in [0.4, 0.5) is 10.1 Å². The lowest BCUT2D eigenvalue weighted by atomic mass is 9.86. The van der Waals surface area contributed by atoms with Gasteiger partial charge in [-0.25, -0.2) is 4.39 Å². The minimum absolute atomic E-state index is 0.00988. The highest BCUT2D eigenvalue weighted by atomic mass is 19.1. The number of benzene rings is 1. The molecular formula is C17H26FN3O2. The summed E-state index contributed by atoms with van der Waals surface area (Å²) in [5.74, 6) is 0.679. The molecule has 1 fully saturated rings. The van der Waals surface area contributed by atoms with E-state index in [4.69, 9.17) is 4.74 Å². The molecule has 0 amide bonds. The van der Waals surface area contributed by atoms with Crippen LogP contribution in [-0.2, 0) is 4.74 Å². The van der Waals surface area contributed by atoms with E-state index in [0.717, 1.165) is 6.42 Å². The summed E-state index contributed by atoms with van der Waals surface area (Å²) in [6.45, 7) is 3.22. The number of rotatable bonds is 5. The summed E-state index contributed by atoms with van der Waals surface area (Å²) >= 11 is 0. The van der Waals surface area contributed by atoms with Crippen LogP contribution in [0.1, 0.15) is 32.6 Å². The van der Waals surface area contributed by atoms with E-state index in [9.17, 15) is 9.50 Å². The highest BCUT2D eigenvalue weighted by Crippen LogP contribution is 2.25. The first kappa shape index (κ1) is 17.5. The Labute approximate surface area is 137 Å². The number of aliphatic imine (C=N–C) groups is 1. The van der Waals surface area contributed by atoms with Gasteiger partial charge >= 0.3 is 0 Å². The van der Waals surface area contributed by atoms with Gasteiger partial charge in [0.15, 0.2) is 5.96 Å². The van der Waals surface area contributed by atoms with Crippen molar-refractivity contribution in [1.82, 2.24) is 5.32 Å². The first-order valence-corrected chi connectivity index (χ1v) is 8.15. The minimum atomic E-state index is -0.410. The molecule has 0 aliphatic heterocycles. The summed E-state index contributed by atoms with van der Waals surface area (Å²) in [6.07, 6.45) is 4.72. The van der Waals surface area contributed by atoms with E-state index in [1.54, 1.807) is 7.11 Å². The number of halogens is 1. The van der Waals surface area contributed by atoms with Crippen LogP contribution in [0.2, 0.25) is 0 Å². The van der Waals surface area contributed by atoms with Gasteiger partial charge in [0.1, 0.15) is 11.6 Å². The lowest BCUT2D eigenvalue weighted by Gasteiger charge is -2.31. The molecule has 0 aromatic heterocycles. The molecule has 0 radical (unpaired) electrons. The summed E-state index contributed by atoms with van der Waals surface area (Å²) < 4.78 is 18.4. The predicted octanol–water partition coefficient (Wildman–Crippen LogP) is 3.11. The van der Waals surface area contributed by atoms with Crippen LogP contribution >= 0.6 is 0 Å². The Morgan fingerprint density at radius 2 is 2.17 bits per heavy atom. The van der Waals surface area contributed by atoms with Gasteiger partial charge in [0.25, 0.3) is 0 Å². The van der Waals surface area contributed by atoms with Crippen molar-refractivity contribution in [3.8, 4) is 5.75 Å². The van der Waals surface area contributed by atoms with Crippen LogP contribution in [0.3, 0.4) is 0 Å². The number of guanidine groups is 1. The van der Waals surface area contributed by atoms with E-state index in [2.05, 4.69) is 22.5 Å². The average molecular weight is 323 g/mol. The summed E-state index contributed by atoms with van der Waals surface area (Å²) in [4.78, 5) is 4.44. The van der Waals surface area contributed by atoms with Crippen molar-refractivity contribution in [2.75, 3.05) is 25.6 Å². The van der Waals surface area contributed by atoms with Gasteiger partial charge in [-0.3, -0.25) is 4.99 Å². The molecule has 128 valence electrons. The molecule has 2 unspecified atom stereocenters. The zero-order valence-corrected chi connectivity index (χ0v) is 13.8. The molecule has 5 nitrogen and oxygen atoms in total. The van der Waals surface area contributed by atoms with Crippen molar-refractivity contribution >= 4 is 11.6 Å². The number of phenols is 1. The third kappa shape index (κ3) is 5.39. The topological polar surface area (TPSA) is 65.9 Å². The van der Waals surface area contributed by atoms with Crippen molar-refractivity contribution in [2.24, 2.45) is 10.9 Å². The summed E-state index contributed by atoms with van der Waals surface area (Å²) in [5.41, 5.74) is 0.303. The number of anilines is 1. The van der Waals surface area contributed by atoms with Crippen LogP contribution in [0.15, 0.2) is 23.2 Å². The van der Waals surface area contributed by atoms with Gasteiger partial charge in [-0.2, -0.15) is 0 Å². The molecule has 3 N–H and O–H groups in total. The smallest absolute Gasteiger partial charge is 0.196 e. The quantitative estimate of drug-likeness (QED) is 0.337. The Bertz CT molecular complexity index is 537. The van der Waals surface area contributed by atoms with E-state index in [1.165, 1.54) is 37.5 Å². The van der Waals surface area contributed by atoms with Crippen molar-refractivity contribution in [2.45, 2.75) is 38.6 Å². The third-order valence-electron chi connectivity index (χ3n) is 4.21. The van der Waals surface area contributed by atoms with Gasteiger partial charge in [-0.05, 0) is 30.9 Å². The molecule has 2 rings (SSSR count). The lowest BCUT2D eigenvalue weighted by Crippen LogP contribution is -2.44. The Kier molecular flexibility index (Phi) is 6.65. The highest BCUT2D eigenvalue weighted by Gasteiger charge is 2.22. The van der Waals surface area contributed by atoms with E-state index < -0.39 is 5.82 Å². The number of ether oxygens (including phenoxy) is 1. The summed E-state index contributed by atoms with van der Waals surface area (Å²) in [6, 6.07) is 4.13. The fourth-order valence-corrected chi connectivity index (χ4v) is 2.81. The fraction of sp³-hybridized carbons (Fsp3) is 0.588. The molecule has 0 heterocycles. The van der Waals surface area contributed by atoms with Gasteiger partial charge in [0.2, 0.25) is 0 Å². The maximum absolute atomic E-state index is 13.4. The Morgan fingerprint density at radius 3 is 2.91 bits per heavy atom. The van der Waals surface area contributed by atoms with Gasteiger partial charge in [-0.15, -0.1) is 0 Å². The van der Waals surface area contributed by atoms with Crippen molar-refractivity contribution < 1.29 is 14.2 Å². The summed E-state index contributed by atoms with van der Waals surface area (Å²) in [7, 11) is 1.62. The van der Waals surface area contributed by atoms with E-state index >= 15 is 0 Å². The molecule has 1 saturated carbocycles. The molecule has 1 aliphatic rings. The van der Waals surface area contributed by atoms with Crippen LogP contribution in [-0.4, -0.2) is 37.4 Å². The van der Waals surface area contributed by atoms with Crippen molar-refractivity contribution in [3.63, 3.8) is 0 Å². The minimum Gasteiger partial charge on any atom is -0.506 e. The number of hydrogen-bond acceptors (Lipinski definition) is 3. The molecule has 23 heavy (non-hydrogen) atoms. The largest absolute Gasteiger partial charge is 0.506 e. The molecule has 1 aromatic rings. The van der Waals surface area contributed by atoms with Crippen molar-refractivity contribution in [3.05, 3.63) is 24.0 Å². The van der Waals surface area contributed by atoms with E-state index in [-0.39, 0.29) is 5.75 Å². The Hall–Kier alpha value is -1.82. The number of methoxy groups -OCH3 is 1. The zero-order valence-electron chi connectivity index (χ0n) is 13.8. The monoisotopic (exact) mass is 323 g/mol. The first-order valence-electron chi connectivity index (χ1n) is 8.15. The number of aromatic hydroxyl groups is 1. The van der Waals surface area contributed by atoms with Gasteiger partial charge in [0, 0.05) is 19.2 Å². The SMILES string of the molecule is COCCN=C(Nc1cc(F)ccc1O)NC1CCCCC1C. The molecular weight excluding hydrogens is 297 g/mol. The van der Waals surface area contributed by atoms with Gasteiger partial charge in [-0.1, -0.05) is 19.8 Å². The van der Waals surface area contributed by atoms with Crippen LogP contribution in [0.5, 0.6) is 5.75 Å². The molecule has 1 aliphatic carbocycles. The number of nitrogens with one attached hydrogen (secondary N) is 2. The second-order valence-corrected chi connectivity index (χ2v) is 6.02. The van der Waals surface area contributed by atoms with E-state index in [1.807, 2.05) is 0 Å². The number of phenolic OH excluding ortho intramolecular Hbond substituents is 1. The lowest BCUT2D eigenvalue weighted by molar-refractivity contribution is 0.208. The molecule has 0 saturated heterocycles. The van der Waals surface area contributed by atoms with Gasteiger partial charge in [0.05, 0.1) is 18.8 Å². The molecule has 0 bridgehead atoms. The van der Waals surface area contributed by atoms with Crippen LogP contribution in [0.25, 0.3) is 0 Å². The Morgan fingerprint density at radius 1 is 1.39 bits per heavy atom. The predicted molar refractivity (Wildman–Crippen MR) is 90.4 cm³/mol. The van der Waals surface area contributed by atoms with Crippen LogP contribution in [0, 0.1) is 11.7 Å². The fourth-order valence-electron chi connectivity index (χ4n) is 2.81. The zero-order chi connectivity index (χ0) is 16.7. The maximum atomic E-state index is 13.4. The maximum Gasteiger partial charge on any atom is 0.196 e. The molecule has 2 atom stereocenters. The molecule has 0 spiro atoms. The Balaban J connectivity index is 2.10. The first-order chi connectivity index (χ1) is 11.1. The molecule has 6 heteroatoms. The second kappa shape index (κ2) is 8.72. The number of nitrogens with zero attached hydrogens (tertiary/aromatic N) is 1.